The number of furan rings is 1. The number of nitrogens with zero attached hydrogens (tertiary/aromatic N) is 3. The third-order valence-corrected chi connectivity index (χ3v) is 6.02. The van der Waals surface area contributed by atoms with Crippen molar-refractivity contribution < 1.29 is 9.34 Å². The van der Waals surface area contributed by atoms with Crippen LogP contribution in [0.15, 0.2) is 57.7 Å². The molecule has 0 spiro atoms. The van der Waals surface area contributed by atoms with Crippen LogP contribution in [0.5, 0.6) is 0 Å². The normalized spacial score (nSPS) is 12.3. The van der Waals surface area contributed by atoms with E-state index in [4.69, 9.17) is 4.42 Å². The van der Waals surface area contributed by atoms with Crippen molar-refractivity contribution >= 4 is 39.1 Å². The Morgan fingerprint density at radius 3 is 2.73 bits per heavy atom. The first-order valence-corrected chi connectivity index (χ1v) is 10.0. The molecule has 0 fully saturated rings. The van der Waals surface area contributed by atoms with E-state index in [0.717, 1.165) is 22.2 Å². The first-order chi connectivity index (χ1) is 14.4. The summed E-state index contributed by atoms with van der Waals surface area (Å²) in [7, 11) is 0. The molecule has 148 valence electrons. The molecule has 3 heterocycles. The smallest absolute Gasteiger partial charge is 0.275 e. The summed E-state index contributed by atoms with van der Waals surface area (Å²) >= 11 is 1.31. The van der Waals surface area contributed by atoms with Gasteiger partial charge in [0.2, 0.25) is 0 Å². The molecule has 0 atom stereocenters. The van der Waals surface area contributed by atoms with Crippen LogP contribution in [0.25, 0.3) is 33.4 Å². The summed E-state index contributed by atoms with van der Waals surface area (Å²) in [6, 6.07) is 14.4. The van der Waals surface area contributed by atoms with E-state index in [-0.39, 0.29) is 16.2 Å². The second-order valence-corrected chi connectivity index (χ2v) is 8.06. The minimum atomic E-state index is -0.389. The molecule has 0 saturated heterocycles. The highest BCUT2D eigenvalue weighted by atomic mass is 32.1. The summed E-state index contributed by atoms with van der Waals surface area (Å²) < 4.78 is 8.08. The zero-order valence-electron chi connectivity index (χ0n) is 16.1. The van der Waals surface area contributed by atoms with Gasteiger partial charge in [0.25, 0.3) is 11.2 Å². The van der Waals surface area contributed by atoms with E-state index in [0.29, 0.717) is 26.6 Å². The van der Waals surface area contributed by atoms with E-state index >= 15 is 0 Å². The van der Waals surface area contributed by atoms with E-state index in [1.807, 2.05) is 31.2 Å². The topological polar surface area (TPSA) is 90.6 Å². The van der Waals surface area contributed by atoms with Crippen LogP contribution >= 0.6 is 11.3 Å². The molecule has 0 aliphatic heterocycles. The predicted molar refractivity (Wildman–Crippen MR) is 116 cm³/mol. The second kappa shape index (κ2) is 6.64. The highest BCUT2D eigenvalue weighted by Crippen LogP contribution is 2.31. The van der Waals surface area contributed by atoms with Crippen LogP contribution in [-0.4, -0.2) is 14.3 Å². The van der Waals surface area contributed by atoms with E-state index < -0.39 is 0 Å². The summed E-state index contributed by atoms with van der Waals surface area (Å²) in [4.78, 5) is 28.8. The third kappa shape index (κ3) is 2.81. The summed E-state index contributed by atoms with van der Waals surface area (Å²) in [5.74, 6) is 1.13. The van der Waals surface area contributed by atoms with Gasteiger partial charge in [-0.25, -0.2) is 9.38 Å². The third-order valence-electron chi connectivity index (χ3n) is 5.05. The lowest BCUT2D eigenvalue weighted by molar-refractivity contribution is -0.385. The van der Waals surface area contributed by atoms with Gasteiger partial charge in [0.1, 0.15) is 16.1 Å². The predicted octanol–water partition coefficient (Wildman–Crippen LogP) is 4.24. The molecule has 0 N–H and O–H groups in total. The minimum absolute atomic E-state index is 0.0831. The van der Waals surface area contributed by atoms with Gasteiger partial charge in [0.05, 0.1) is 16.0 Å². The number of aromatic nitrogens is 2. The standard InChI is InChI=1S/C22H15N3O4S/c1-12-10-18(25(27)28)13(2)9-15(12)19-8-7-14(29-19)11-20-21(26)24-17-6-4-3-5-16(17)23-22(24)30-20/h3-11H,1-2H3/b20-11+. The van der Waals surface area contributed by atoms with Gasteiger partial charge in [0, 0.05) is 23.3 Å². The van der Waals surface area contributed by atoms with Crippen molar-refractivity contribution in [2.45, 2.75) is 13.8 Å². The van der Waals surface area contributed by atoms with Crippen molar-refractivity contribution in [3.8, 4) is 11.3 Å². The number of rotatable bonds is 3. The highest BCUT2D eigenvalue weighted by molar-refractivity contribution is 7.15. The van der Waals surface area contributed by atoms with Gasteiger partial charge >= 0.3 is 0 Å². The first-order valence-electron chi connectivity index (χ1n) is 9.20. The number of fused-ring (bicyclic) bond motifs is 3. The van der Waals surface area contributed by atoms with Gasteiger partial charge in [-0.05, 0) is 49.7 Å². The van der Waals surface area contributed by atoms with Crippen LogP contribution in [0.2, 0.25) is 0 Å². The lowest BCUT2D eigenvalue weighted by Gasteiger charge is -2.05. The number of hydrogen-bond acceptors (Lipinski definition) is 6. The zero-order valence-corrected chi connectivity index (χ0v) is 16.9. The number of nitro benzene ring substituents is 1. The molecule has 30 heavy (non-hydrogen) atoms. The van der Waals surface area contributed by atoms with E-state index in [1.165, 1.54) is 11.3 Å². The number of para-hydroxylation sites is 2. The van der Waals surface area contributed by atoms with Gasteiger partial charge in [-0.1, -0.05) is 23.5 Å². The maximum Gasteiger partial charge on any atom is 0.275 e. The molecule has 2 aromatic carbocycles. The molecule has 5 aromatic rings. The van der Waals surface area contributed by atoms with Crippen LogP contribution in [0.1, 0.15) is 16.9 Å². The fourth-order valence-corrected chi connectivity index (χ4v) is 4.55. The number of thiazole rings is 1. The van der Waals surface area contributed by atoms with Gasteiger partial charge in [0.15, 0.2) is 4.96 Å². The molecule has 0 unspecified atom stereocenters. The summed E-state index contributed by atoms with van der Waals surface area (Å²) in [5, 5.41) is 11.1. The summed E-state index contributed by atoms with van der Waals surface area (Å²) in [5.41, 5.74) is 3.62. The number of benzene rings is 2. The molecular weight excluding hydrogens is 402 g/mol. The molecule has 8 heteroatoms. The molecule has 0 aliphatic carbocycles. The monoisotopic (exact) mass is 417 g/mol. The number of hydrogen-bond donors (Lipinski definition) is 0. The maximum atomic E-state index is 12.9. The van der Waals surface area contributed by atoms with Gasteiger partial charge in [-0.3, -0.25) is 14.9 Å². The lowest BCUT2D eigenvalue weighted by Crippen LogP contribution is -2.22. The molecule has 0 amide bonds. The Balaban J connectivity index is 1.59. The Labute approximate surface area is 173 Å². The number of nitro groups is 1. The average molecular weight is 417 g/mol. The number of aryl methyl sites for hydroxylation is 2. The van der Waals surface area contributed by atoms with Crippen molar-refractivity contribution in [3.63, 3.8) is 0 Å². The van der Waals surface area contributed by atoms with E-state index in [2.05, 4.69) is 4.98 Å². The fraction of sp³-hybridized carbons (Fsp3) is 0.0909. The molecule has 0 bridgehead atoms. The van der Waals surface area contributed by atoms with Gasteiger partial charge < -0.3 is 4.42 Å². The van der Waals surface area contributed by atoms with Gasteiger partial charge in [-0.15, -0.1) is 0 Å². The molecule has 7 nitrogen and oxygen atoms in total. The van der Waals surface area contributed by atoms with Crippen molar-refractivity contribution in [2.24, 2.45) is 0 Å². The Hall–Kier alpha value is -3.78. The van der Waals surface area contributed by atoms with Crippen LogP contribution in [0.4, 0.5) is 5.69 Å². The molecular formula is C22H15N3O4S. The zero-order chi connectivity index (χ0) is 21.0. The van der Waals surface area contributed by atoms with Crippen molar-refractivity contribution in [1.29, 1.82) is 0 Å². The van der Waals surface area contributed by atoms with Gasteiger partial charge in [-0.2, -0.15) is 0 Å². The second-order valence-electron chi connectivity index (χ2n) is 7.05. The van der Waals surface area contributed by atoms with E-state index in [1.54, 1.807) is 41.7 Å². The summed E-state index contributed by atoms with van der Waals surface area (Å²) in [6.07, 6.45) is 1.70. The molecule has 5 rings (SSSR count). The molecule has 0 radical (unpaired) electrons. The lowest BCUT2D eigenvalue weighted by atomic mass is 10.0. The van der Waals surface area contributed by atoms with Crippen molar-refractivity contribution in [2.75, 3.05) is 0 Å². The maximum absolute atomic E-state index is 12.9. The Bertz CT molecular complexity index is 1580. The minimum Gasteiger partial charge on any atom is -0.457 e. The molecule has 0 saturated carbocycles. The Morgan fingerprint density at radius 1 is 1.13 bits per heavy atom. The molecule has 3 aromatic heterocycles. The van der Waals surface area contributed by atoms with Crippen LogP contribution < -0.4 is 10.1 Å². The highest BCUT2D eigenvalue weighted by Gasteiger charge is 2.16. The quantitative estimate of drug-likeness (QED) is 0.323. The SMILES string of the molecule is Cc1cc([N+](=O)[O-])c(C)cc1-c1ccc(/C=c2/sc3nc4ccccc4n3c2=O)o1. The van der Waals surface area contributed by atoms with Crippen LogP contribution in [-0.2, 0) is 0 Å². The van der Waals surface area contributed by atoms with Crippen LogP contribution in [0.3, 0.4) is 0 Å². The van der Waals surface area contributed by atoms with E-state index in [9.17, 15) is 14.9 Å². The average Bonchev–Trinajstić information content (AvgIpc) is 3.39. The van der Waals surface area contributed by atoms with Crippen molar-refractivity contribution in [1.82, 2.24) is 9.38 Å². The van der Waals surface area contributed by atoms with Crippen molar-refractivity contribution in [3.05, 3.63) is 90.4 Å². The largest absolute Gasteiger partial charge is 0.457 e. The Morgan fingerprint density at radius 2 is 1.93 bits per heavy atom. The summed E-state index contributed by atoms with van der Waals surface area (Å²) in [6.45, 7) is 3.51. The number of imidazole rings is 1. The Kier molecular flexibility index (Phi) is 4.04. The fourth-order valence-electron chi connectivity index (χ4n) is 3.58. The molecule has 0 aliphatic rings. The van der Waals surface area contributed by atoms with Crippen LogP contribution in [0, 0.1) is 24.0 Å². The first kappa shape index (κ1) is 18.3.